The van der Waals surface area contributed by atoms with Gasteiger partial charge < -0.3 is 10.7 Å². The van der Waals surface area contributed by atoms with Crippen LogP contribution >= 0.6 is 11.8 Å². The van der Waals surface area contributed by atoms with Gasteiger partial charge in [-0.2, -0.15) is 0 Å². The Bertz CT molecular complexity index is 680. The van der Waals surface area contributed by atoms with Crippen LogP contribution < -0.4 is 5.84 Å². The number of likely N-dealkylation sites (tertiary alicyclic amines) is 1. The molecule has 24 heavy (non-hydrogen) atoms. The summed E-state index contributed by atoms with van der Waals surface area (Å²) in [4.78, 5) is 14.3. The smallest absolute Gasteiger partial charge is 0.233 e. The van der Waals surface area contributed by atoms with Gasteiger partial charge in [0.15, 0.2) is 0 Å². The number of benzene rings is 1. The quantitative estimate of drug-likeness (QED) is 0.661. The lowest BCUT2D eigenvalue weighted by atomic mass is 9.90. The molecule has 128 valence electrons. The minimum absolute atomic E-state index is 0.152. The Morgan fingerprint density at radius 3 is 2.58 bits per heavy atom. The van der Waals surface area contributed by atoms with Gasteiger partial charge in [0, 0.05) is 13.1 Å². The van der Waals surface area contributed by atoms with Gasteiger partial charge in [-0.15, -0.1) is 10.2 Å². The molecule has 0 spiro atoms. The van der Waals surface area contributed by atoms with Crippen LogP contribution in [0.4, 0.5) is 0 Å². The van der Waals surface area contributed by atoms with E-state index in [9.17, 15) is 4.79 Å². The van der Waals surface area contributed by atoms with Crippen LogP contribution in [0.1, 0.15) is 24.2 Å². The molecule has 0 saturated carbocycles. The fourth-order valence-corrected chi connectivity index (χ4v) is 3.80. The van der Waals surface area contributed by atoms with Gasteiger partial charge in [0.25, 0.3) is 0 Å². The monoisotopic (exact) mass is 345 g/mol. The highest BCUT2D eigenvalue weighted by atomic mass is 32.2. The number of hydrogen-bond donors (Lipinski definition) is 1. The zero-order valence-corrected chi connectivity index (χ0v) is 14.7. The molecule has 2 aromatic rings. The molecule has 1 fully saturated rings. The van der Waals surface area contributed by atoms with Gasteiger partial charge in [-0.05, 0) is 37.7 Å². The topological polar surface area (TPSA) is 77.0 Å². The summed E-state index contributed by atoms with van der Waals surface area (Å²) < 4.78 is 1.42. The second kappa shape index (κ2) is 7.70. The highest BCUT2D eigenvalue weighted by Crippen LogP contribution is 2.23. The molecular formula is C17H23N5OS. The molecule has 0 bridgehead atoms. The van der Waals surface area contributed by atoms with Crippen molar-refractivity contribution in [2.24, 2.45) is 5.92 Å². The molecule has 1 aliphatic heterocycles. The number of aryl methyl sites for hydroxylation is 1. The summed E-state index contributed by atoms with van der Waals surface area (Å²) in [5, 5.41) is 8.45. The van der Waals surface area contributed by atoms with Crippen molar-refractivity contribution in [3.8, 4) is 0 Å². The average Bonchev–Trinajstić information content (AvgIpc) is 2.93. The minimum Gasteiger partial charge on any atom is -0.342 e. The van der Waals surface area contributed by atoms with Gasteiger partial charge in [0.05, 0.1) is 5.75 Å². The van der Waals surface area contributed by atoms with E-state index < -0.39 is 0 Å². The zero-order chi connectivity index (χ0) is 16.9. The summed E-state index contributed by atoms with van der Waals surface area (Å²) in [6, 6.07) is 10.6. The number of amides is 1. The Hall–Kier alpha value is -2.02. The van der Waals surface area contributed by atoms with Crippen LogP contribution in [0.2, 0.25) is 0 Å². The van der Waals surface area contributed by atoms with Crippen LogP contribution in [0.3, 0.4) is 0 Å². The first-order valence-corrected chi connectivity index (χ1v) is 9.23. The molecule has 3 rings (SSSR count). The van der Waals surface area contributed by atoms with E-state index >= 15 is 0 Å². The average molecular weight is 345 g/mol. The maximum absolute atomic E-state index is 12.4. The standard InChI is InChI=1S/C17H23N5OS/c1-13-19-20-17(22(13)18)24-12-16(23)21-9-7-15(8-10-21)11-14-5-3-2-4-6-14/h2-6,15H,7-12,18H2,1H3. The summed E-state index contributed by atoms with van der Waals surface area (Å²) in [5.41, 5.74) is 1.38. The molecule has 1 amide bonds. The lowest BCUT2D eigenvalue weighted by Crippen LogP contribution is -2.39. The van der Waals surface area contributed by atoms with Crippen molar-refractivity contribution in [2.75, 3.05) is 24.7 Å². The number of aromatic nitrogens is 3. The predicted octanol–water partition coefficient (Wildman–Crippen LogP) is 1.87. The molecular weight excluding hydrogens is 322 g/mol. The van der Waals surface area contributed by atoms with E-state index in [1.165, 1.54) is 22.0 Å². The second-order valence-electron chi connectivity index (χ2n) is 6.20. The molecule has 0 radical (unpaired) electrons. The molecule has 6 nitrogen and oxygen atoms in total. The van der Waals surface area contributed by atoms with E-state index in [1.54, 1.807) is 6.92 Å². The number of rotatable bonds is 5. The molecule has 1 saturated heterocycles. The number of nitrogens with zero attached hydrogens (tertiary/aromatic N) is 4. The minimum atomic E-state index is 0.152. The fraction of sp³-hybridized carbons (Fsp3) is 0.471. The predicted molar refractivity (Wildman–Crippen MR) is 95.1 cm³/mol. The number of thioether (sulfide) groups is 1. The van der Waals surface area contributed by atoms with Crippen LogP contribution in [-0.4, -0.2) is 44.5 Å². The van der Waals surface area contributed by atoms with Gasteiger partial charge in [-0.25, -0.2) is 4.68 Å². The third-order valence-electron chi connectivity index (χ3n) is 4.49. The van der Waals surface area contributed by atoms with Crippen molar-refractivity contribution in [3.05, 3.63) is 41.7 Å². The van der Waals surface area contributed by atoms with Gasteiger partial charge >= 0.3 is 0 Å². The molecule has 1 aromatic carbocycles. The Labute approximate surface area is 146 Å². The van der Waals surface area contributed by atoms with Gasteiger partial charge in [-0.1, -0.05) is 42.1 Å². The van der Waals surface area contributed by atoms with Crippen LogP contribution in [0.5, 0.6) is 0 Å². The van der Waals surface area contributed by atoms with E-state index in [0.717, 1.165) is 32.4 Å². The van der Waals surface area contributed by atoms with Gasteiger partial charge in [0.2, 0.25) is 11.1 Å². The number of carbonyl (C=O) groups is 1. The number of carbonyl (C=O) groups excluding carboxylic acids is 1. The number of piperidine rings is 1. The van der Waals surface area contributed by atoms with Gasteiger partial charge in [-0.3, -0.25) is 4.79 Å². The molecule has 2 heterocycles. The van der Waals surface area contributed by atoms with Crippen molar-refractivity contribution >= 4 is 17.7 Å². The first-order chi connectivity index (χ1) is 11.6. The van der Waals surface area contributed by atoms with Gasteiger partial charge in [0.1, 0.15) is 5.82 Å². The second-order valence-corrected chi connectivity index (χ2v) is 7.14. The molecule has 1 aromatic heterocycles. The zero-order valence-electron chi connectivity index (χ0n) is 13.9. The summed E-state index contributed by atoms with van der Waals surface area (Å²) >= 11 is 1.35. The molecule has 7 heteroatoms. The Morgan fingerprint density at radius 1 is 1.25 bits per heavy atom. The van der Waals surface area contributed by atoms with E-state index in [-0.39, 0.29) is 5.91 Å². The highest BCUT2D eigenvalue weighted by molar-refractivity contribution is 7.99. The third kappa shape index (κ3) is 4.08. The SMILES string of the molecule is Cc1nnc(SCC(=O)N2CCC(Cc3ccccc3)CC2)n1N. The molecule has 0 atom stereocenters. The van der Waals surface area contributed by atoms with Crippen LogP contribution in [0.15, 0.2) is 35.5 Å². The lowest BCUT2D eigenvalue weighted by molar-refractivity contribution is -0.129. The van der Waals surface area contributed by atoms with Crippen molar-refractivity contribution in [3.63, 3.8) is 0 Å². The van der Waals surface area contributed by atoms with Crippen molar-refractivity contribution in [1.82, 2.24) is 19.8 Å². The molecule has 1 aliphatic rings. The first-order valence-electron chi connectivity index (χ1n) is 8.25. The summed E-state index contributed by atoms with van der Waals surface area (Å²) in [5.74, 6) is 7.63. The molecule has 2 N–H and O–H groups in total. The number of nitrogens with two attached hydrogens (primary N) is 1. The molecule has 0 unspecified atom stereocenters. The lowest BCUT2D eigenvalue weighted by Gasteiger charge is -2.32. The summed E-state index contributed by atoms with van der Waals surface area (Å²) in [7, 11) is 0. The maximum atomic E-state index is 12.4. The molecule has 0 aliphatic carbocycles. The Kier molecular flexibility index (Phi) is 5.40. The van der Waals surface area contributed by atoms with Crippen LogP contribution in [-0.2, 0) is 11.2 Å². The Balaban J connectivity index is 1.44. The van der Waals surface area contributed by atoms with Crippen LogP contribution in [0, 0.1) is 12.8 Å². The normalized spacial score (nSPS) is 15.6. The number of nitrogen functional groups attached to an aromatic ring is 1. The van der Waals surface area contributed by atoms with Crippen LogP contribution in [0.25, 0.3) is 0 Å². The number of hydrogen-bond acceptors (Lipinski definition) is 5. The summed E-state index contributed by atoms with van der Waals surface area (Å²) in [6.45, 7) is 3.47. The van der Waals surface area contributed by atoms with E-state index in [1.807, 2.05) is 11.0 Å². The van der Waals surface area contributed by atoms with E-state index in [4.69, 9.17) is 5.84 Å². The Morgan fingerprint density at radius 2 is 1.96 bits per heavy atom. The first kappa shape index (κ1) is 16.8. The van der Waals surface area contributed by atoms with Crippen molar-refractivity contribution in [1.29, 1.82) is 0 Å². The van der Waals surface area contributed by atoms with Crippen molar-refractivity contribution < 1.29 is 4.79 Å². The fourth-order valence-electron chi connectivity index (χ4n) is 3.00. The highest BCUT2D eigenvalue weighted by Gasteiger charge is 2.23. The summed E-state index contributed by atoms with van der Waals surface area (Å²) in [6.07, 6.45) is 3.24. The van der Waals surface area contributed by atoms with Crippen molar-refractivity contribution in [2.45, 2.75) is 31.3 Å². The third-order valence-corrected chi connectivity index (χ3v) is 5.42. The van der Waals surface area contributed by atoms with E-state index in [2.05, 4.69) is 34.5 Å². The largest absolute Gasteiger partial charge is 0.342 e. The van der Waals surface area contributed by atoms with E-state index in [0.29, 0.717) is 22.7 Å². The maximum Gasteiger partial charge on any atom is 0.233 e.